The van der Waals surface area contributed by atoms with Crippen molar-refractivity contribution in [3.63, 3.8) is 0 Å². The minimum absolute atomic E-state index is 0.109. The van der Waals surface area contributed by atoms with Crippen LogP contribution in [0.4, 0.5) is 17.5 Å². The highest BCUT2D eigenvalue weighted by Crippen LogP contribution is 2.45. The fourth-order valence-electron chi connectivity index (χ4n) is 5.13. The van der Waals surface area contributed by atoms with Crippen LogP contribution in [0.25, 0.3) is 11.2 Å². The predicted octanol–water partition coefficient (Wildman–Crippen LogP) is 3.17. The molecule has 1 saturated carbocycles. The summed E-state index contributed by atoms with van der Waals surface area (Å²) < 4.78 is 0. The van der Waals surface area contributed by atoms with Gasteiger partial charge in [-0.25, -0.2) is 4.98 Å². The minimum atomic E-state index is -0.285. The molecule has 3 heterocycles. The van der Waals surface area contributed by atoms with Crippen LogP contribution >= 0.6 is 0 Å². The van der Waals surface area contributed by atoms with E-state index in [-0.39, 0.29) is 29.7 Å². The van der Waals surface area contributed by atoms with E-state index in [9.17, 15) is 4.79 Å². The number of hydrogen-bond acceptors (Lipinski definition) is 7. The van der Waals surface area contributed by atoms with Crippen molar-refractivity contribution < 1.29 is 4.79 Å². The standard InChI is InChI=1S/C25H24N8O/c26-22(34)19-16-3-4-17(12-16)20(19)31-24-21-23(29-13-28-21)32-25(33-24)30-18-5-1-14(2-6-18)11-15-7-9-27-10-8-15/h1-10,13,16-17,19-20H,11-12H2,(H2,26,34)(H3,28,29,30,31,32,33)/t16-,17+,19+,20-/m1/s1. The summed E-state index contributed by atoms with van der Waals surface area (Å²) in [6, 6.07) is 12.1. The summed E-state index contributed by atoms with van der Waals surface area (Å²) >= 11 is 0. The average Bonchev–Trinajstić information content (AvgIpc) is 3.57. The molecule has 3 aromatic heterocycles. The number of nitrogens with two attached hydrogens (primary N) is 1. The average molecular weight is 453 g/mol. The van der Waals surface area contributed by atoms with E-state index in [0.717, 1.165) is 18.5 Å². The van der Waals surface area contributed by atoms with Crippen LogP contribution in [-0.2, 0) is 11.2 Å². The molecule has 1 fully saturated rings. The number of fused-ring (bicyclic) bond motifs is 3. The third-order valence-corrected chi connectivity index (χ3v) is 6.74. The van der Waals surface area contributed by atoms with E-state index in [4.69, 9.17) is 10.7 Å². The maximum Gasteiger partial charge on any atom is 0.231 e. The quantitative estimate of drug-likeness (QED) is 0.316. The molecule has 4 atom stereocenters. The number of carbonyl (C=O) groups excluding carboxylic acids is 1. The molecule has 2 aliphatic rings. The van der Waals surface area contributed by atoms with Gasteiger partial charge in [-0.15, -0.1) is 0 Å². The molecular formula is C25H24N8O. The molecule has 34 heavy (non-hydrogen) atoms. The number of H-pyrrole nitrogens is 1. The summed E-state index contributed by atoms with van der Waals surface area (Å²) in [5, 5.41) is 6.75. The Morgan fingerprint density at radius 1 is 1.03 bits per heavy atom. The normalized spacial score (nSPS) is 22.8. The van der Waals surface area contributed by atoms with Crippen LogP contribution in [0.3, 0.4) is 0 Å². The maximum atomic E-state index is 12.1. The molecular weight excluding hydrogens is 428 g/mol. The van der Waals surface area contributed by atoms with Gasteiger partial charge in [-0.05, 0) is 60.1 Å². The third kappa shape index (κ3) is 3.75. The van der Waals surface area contributed by atoms with E-state index >= 15 is 0 Å². The number of aromatic amines is 1. The SMILES string of the molecule is NC(=O)[C@@H]1[C@H](Nc2nc(Nc3ccc(Cc4ccncc4)cc3)nc3[nH]cnc23)[C@H]2C=C[C@@H]1C2. The molecule has 0 unspecified atom stereocenters. The summed E-state index contributed by atoms with van der Waals surface area (Å²) in [6.45, 7) is 0. The van der Waals surface area contributed by atoms with Crippen molar-refractivity contribution in [1.29, 1.82) is 0 Å². The number of anilines is 3. The number of carbonyl (C=O) groups is 1. The van der Waals surface area contributed by atoms with E-state index in [2.05, 4.69) is 54.9 Å². The number of imidazole rings is 1. The van der Waals surface area contributed by atoms with Crippen molar-refractivity contribution in [3.05, 3.63) is 78.4 Å². The van der Waals surface area contributed by atoms with Crippen LogP contribution in [0.15, 0.2) is 67.3 Å². The van der Waals surface area contributed by atoms with Crippen LogP contribution in [-0.4, -0.2) is 36.9 Å². The number of rotatable bonds is 7. The molecule has 0 saturated heterocycles. The van der Waals surface area contributed by atoms with E-state index in [1.807, 2.05) is 24.3 Å². The van der Waals surface area contributed by atoms with Crippen molar-refractivity contribution in [2.24, 2.45) is 23.5 Å². The first kappa shape index (κ1) is 20.3. The lowest BCUT2D eigenvalue weighted by atomic mass is 9.88. The minimum Gasteiger partial charge on any atom is -0.369 e. The molecule has 0 radical (unpaired) electrons. The Kier molecular flexibility index (Phi) is 4.94. The van der Waals surface area contributed by atoms with E-state index in [1.165, 1.54) is 11.1 Å². The van der Waals surface area contributed by atoms with Gasteiger partial charge in [-0.1, -0.05) is 24.3 Å². The van der Waals surface area contributed by atoms with Crippen LogP contribution < -0.4 is 16.4 Å². The lowest BCUT2D eigenvalue weighted by Crippen LogP contribution is -2.41. The van der Waals surface area contributed by atoms with Crippen LogP contribution in [0, 0.1) is 17.8 Å². The second kappa shape index (κ2) is 8.26. The molecule has 4 aromatic rings. The number of allylic oxidation sites excluding steroid dienone is 1. The van der Waals surface area contributed by atoms with Gasteiger partial charge in [-0.3, -0.25) is 9.78 Å². The Bertz CT molecular complexity index is 1360. The Morgan fingerprint density at radius 2 is 1.79 bits per heavy atom. The van der Waals surface area contributed by atoms with Gasteiger partial charge >= 0.3 is 0 Å². The first-order valence-corrected chi connectivity index (χ1v) is 11.3. The van der Waals surface area contributed by atoms with E-state index in [1.54, 1.807) is 18.7 Å². The molecule has 0 aliphatic heterocycles. The van der Waals surface area contributed by atoms with Gasteiger partial charge in [0.05, 0.1) is 12.2 Å². The Morgan fingerprint density at radius 3 is 2.59 bits per heavy atom. The predicted molar refractivity (Wildman–Crippen MR) is 129 cm³/mol. The fraction of sp³-hybridized carbons (Fsp3) is 0.240. The lowest BCUT2D eigenvalue weighted by molar-refractivity contribution is -0.122. The number of nitrogens with one attached hydrogen (secondary N) is 3. The number of nitrogens with zero attached hydrogens (tertiary/aromatic N) is 4. The second-order valence-electron chi connectivity index (χ2n) is 8.90. The van der Waals surface area contributed by atoms with E-state index < -0.39 is 0 Å². The molecule has 2 bridgehead atoms. The molecule has 170 valence electrons. The van der Waals surface area contributed by atoms with Crippen LogP contribution in [0.2, 0.25) is 0 Å². The number of benzene rings is 1. The second-order valence-corrected chi connectivity index (χ2v) is 8.90. The first-order chi connectivity index (χ1) is 16.6. The highest BCUT2D eigenvalue weighted by molar-refractivity contribution is 5.85. The molecule has 1 amide bonds. The van der Waals surface area contributed by atoms with Crippen molar-refractivity contribution in [3.8, 4) is 0 Å². The molecule has 9 nitrogen and oxygen atoms in total. The fourth-order valence-corrected chi connectivity index (χ4v) is 5.13. The van der Waals surface area contributed by atoms with Gasteiger partial charge in [0, 0.05) is 24.1 Å². The molecule has 5 N–H and O–H groups in total. The molecule has 0 spiro atoms. The summed E-state index contributed by atoms with van der Waals surface area (Å²) in [6.07, 6.45) is 11.2. The van der Waals surface area contributed by atoms with Gasteiger partial charge in [0.2, 0.25) is 11.9 Å². The Hall–Kier alpha value is -4.27. The van der Waals surface area contributed by atoms with Gasteiger partial charge in [0.15, 0.2) is 11.5 Å². The monoisotopic (exact) mass is 452 g/mol. The van der Waals surface area contributed by atoms with Crippen molar-refractivity contribution in [1.82, 2.24) is 24.9 Å². The molecule has 9 heteroatoms. The number of pyridine rings is 1. The Labute approximate surface area is 195 Å². The van der Waals surface area contributed by atoms with E-state index in [0.29, 0.717) is 22.9 Å². The summed E-state index contributed by atoms with van der Waals surface area (Å²) in [4.78, 5) is 32.9. The third-order valence-electron chi connectivity index (χ3n) is 6.74. The van der Waals surface area contributed by atoms with Gasteiger partial charge < -0.3 is 21.4 Å². The van der Waals surface area contributed by atoms with Crippen molar-refractivity contribution in [2.45, 2.75) is 18.9 Å². The molecule has 2 aliphatic carbocycles. The Balaban J connectivity index is 1.24. The summed E-state index contributed by atoms with van der Waals surface area (Å²) in [5.41, 5.74) is 10.3. The highest BCUT2D eigenvalue weighted by atomic mass is 16.1. The van der Waals surface area contributed by atoms with Gasteiger partial charge in [-0.2, -0.15) is 9.97 Å². The smallest absolute Gasteiger partial charge is 0.231 e. The maximum absolute atomic E-state index is 12.1. The van der Waals surface area contributed by atoms with Crippen LogP contribution in [0.1, 0.15) is 17.5 Å². The largest absolute Gasteiger partial charge is 0.369 e. The van der Waals surface area contributed by atoms with Crippen molar-refractivity contribution in [2.75, 3.05) is 10.6 Å². The lowest BCUT2D eigenvalue weighted by Gasteiger charge is -2.27. The zero-order valence-corrected chi connectivity index (χ0v) is 18.3. The molecule has 1 aromatic carbocycles. The number of amides is 1. The van der Waals surface area contributed by atoms with Crippen molar-refractivity contribution >= 4 is 34.5 Å². The number of aromatic nitrogens is 5. The highest BCUT2D eigenvalue weighted by Gasteiger charge is 2.47. The molecule has 6 rings (SSSR count). The zero-order chi connectivity index (χ0) is 23.1. The van der Waals surface area contributed by atoms with Gasteiger partial charge in [0.25, 0.3) is 0 Å². The summed E-state index contributed by atoms with van der Waals surface area (Å²) in [7, 11) is 0. The number of primary amides is 1. The first-order valence-electron chi connectivity index (χ1n) is 11.3. The van der Waals surface area contributed by atoms with Crippen LogP contribution in [0.5, 0.6) is 0 Å². The topological polar surface area (TPSA) is 134 Å². The number of hydrogen-bond donors (Lipinski definition) is 4. The van der Waals surface area contributed by atoms with Gasteiger partial charge in [0.1, 0.15) is 5.52 Å². The zero-order valence-electron chi connectivity index (χ0n) is 18.3. The summed E-state index contributed by atoms with van der Waals surface area (Å²) in [5.74, 6) is 0.904.